The lowest BCUT2D eigenvalue weighted by Crippen LogP contribution is -2.33. The monoisotopic (exact) mass is 557 g/mol. The number of benzene rings is 2. The van der Waals surface area contributed by atoms with Gasteiger partial charge in [-0.25, -0.2) is 4.39 Å². The second-order valence-electron chi connectivity index (χ2n) is 9.80. The Bertz CT molecular complexity index is 1590. The minimum absolute atomic E-state index is 0.127. The summed E-state index contributed by atoms with van der Waals surface area (Å²) in [7, 11) is 0. The summed E-state index contributed by atoms with van der Waals surface area (Å²) >= 11 is 5.79. The van der Waals surface area contributed by atoms with Crippen molar-refractivity contribution in [2.75, 3.05) is 18.7 Å². The van der Waals surface area contributed by atoms with E-state index in [1.165, 1.54) is 6.07 Å². The lowest BCUT2D eigenvalue weighted by molar-refractivity contribution is -0.116. The van der Waals surface area contributed by atoms with Gasteiger partial charge in [-0.3, -0.25) is 9.78 Å². The topological polar surface area (TPSA) is 80.7 Å². The first kappa shape index (κ1) is 25.8. The van der Waals surface area contributed by atoms with Crippen molar-refractivity contribution in [1.29, 1.82) is 0 Å². The molecule has 2 N–H and O–H groups in total. The van der Waals surface area contributed by atoms with Crippen LogP contribution in [0.2, 0.25) is 0 Å². The molecule has 0 bridgehead atoms. The van der Waals surface area contributed by atoms with E-state index < -0.39 is 5.82 Å². The summed E-state index contributed by atoms with van der Waals surface area (Å²) in [5, 5.41) is 6.64. The molecule has 10 heteroatoms. The molecular formula is C30H28FN5O3S. The van der Waals surface area contributed by atoms with Crippen molar-refractivity contribution in [2.24, 2.45) is 0 Å². The van der Waals surface area contributed by atoms with Crippen molar-refractivity contribution in [3.8, 4) is 17.2 Å². The van der Waals surface area contributed by atoms with Crippen LogP contribution in [0.1, 0.15) is 41.1 Å². The number of thiocarbonyl (C=S) groups is 1. The van der Waals surface area contributed by atoms with Crippen molar-refractivity contribution in [3.05, 3.63) is 101 Å². The number of rotatable bonds is 7. The number of nitrogens with zero attached hydrogens (tertiary/aromatic N) is 3. The standard InChI is InChI=1S/C30H28FN5O3S/c1-18-15-21(19(2)36(18)20-10-11-25-26(16-20)39-17-38-25)29-28(24-9-5-6-13-32-24)34-30(40)35(29)14-12-27(37)33-23-8-4-3-7-22(23)31/h3-11,13,15-16,28-29H,12,14,17H2,1-2H3,(H,33,37)(H,34,40)/t28-,29+/m0/s1. The predicted octanol–water partition coefficient (Wildman–Crippen LogP) is 5.36. The average Bonchev–Trinajstić information content (AvgIpc) is 3.63. The number of ether oxygens (including phenoxy) is 2. The van der Waals surface area contributed by atoms with Gasteiger partial charge in [0.05, 0.1) is 23.5 Å². The van der Waals surface area contributed by atoms with Crippen LogP contribution in [0, 0.1) is 19.7 Å². The number of fused-ring (bicyclic) bond motifs is 1. The Morgan fingerprint density at radius 2 is 1.90 bits per heavy atom. The molecular weight excluding hydrogens is 529 g/mol. The average molecular weight is 558 g/mol. The van der Waals surface area contributed by atoms with Crippen LogP contribution in [0.4, 0.5) is 10.1 Å². The van der Waals surface area contributed by atoms with E-state index in [0.29, 0.717) is 17.4 Å². The second kappa shape index (κ2) is 10.6. The number of aromatic nitrogens is 2. The summed E-state index contributed by atoms with van der Waals surface area (Å²) < 4.78 is 27.4. The number of amides is 1. The molecule has 4 aromatic rings. The molecule has 1 saturated heterocycles. The molecule has 2 atom stereocenters. The summed E-state index contributed by atoms with van der Waals surface area (Å²) in [5.41, 5.74) is 5.11. The fraction of sp³-hybridized carbons (Fsp3) is 0.233. The smallest absolute Gasteiger partial charge is 0.231 e. The van der Waals surface area contributed by atoms with Gasteiger partial charge in [-0.15, -0.1) is 0 Å². The molecule has 1 fully saturated rings. The van der Waals surface area contributed by atoms with Gasteiger partial charge in [0.2, 0.25) is 12.7 Å². The molecule has 2 aromatic carbocycles. The van der Waals surface area contributed by atoms with Crippen molar-refractivity contribution in [2.45, 2.75) is 32.4 Å². The second-order valence-corrected chi connectivity index (χ2v) is 10.2. The van der Waals surface area contributed by atoms with Crippen LogP contribution in [0.5, 0.6) is 11.5 Å². The van der Waals surface area contributed by atoms with E-state index in [-0.39, 0.29) is 36.9 Å². The molecule has 0 aliphatic carbocycles. The van der Waals surface area contributed by atoms with Gasteiger partial charge in [-0.1, -0.05) is 18.2 Å². The van der Waals surface area contributed by atoms with Crippen LogP contribution in [-0.4, -0.2) is 38.8 Å². The number of hydrogen-bond donors (Lipinski definition) is 2. The number of halogens is 1. The van der Waals surface area contributed by atoms with E-state index >= 15 is 0 Å². The fourth-order valence-electron chi connectivity index (χ4n) is 5.49. The Morgan fingerprint density at radius 1 is 1.10 bits per heavy atom. The van der Waals surface area contributed by atoms with Gasteiger partial charge in [0.15, 0.2) is 16.6 Å². The van der Waals surface area contributed by atoms with Crippen molar-refractivity contribution in [1.82, 2.24) is 19.8 Å². The molecule has 2 aliphatic rings. The minimum atomic E-state index is -0.474. The summed E-state index contributed by atoms with van der Waals surface area (Å²) in [6.45, 7) is 4.69. The normalized spacial score (nSPS) is 17.7. The molecule has 8 nitrogen and oxygen atoms in total. The Hall–Kier alpha value is -4.44. The van der Waals surface area contributed by atoms with Gasteiger partial charge < -0.3 is 29.6 Å². The molecule has 6 rings (SSSR count). The van der Waals surface area contributed by atoms with E-state index in [1.807, 2.05) is 41.3 Å². The number of para-hydroxylation sites is 1. The SMILES string of the molecule is Cc1cc([C@@H]2[C@H](c3ccccn3)NC(=S)N2CCC(=O)Nc2ccccc2F)c(C)n1-c1ccc2c(c1)OCO2. The molecule has 1 amide bonds. The van der Waals surface area contributed by atoms with Crippen LogP contribution in [0.25, 0.3) is 5.69 Å². The highest BCUT2D eigenvalue weighted by molar-refractivity contribution is 7.80. The van der Waals surface area contributed by atoms with E-state index in [2.05, 4.69) is 40.1 Å². The number of pyridine rings is 1. The summed E-state index contributed by atoms with van der Waals surface area (Å²) in [5.74, 6) is 0.674. The van der Waals surface area contributed by atoms with Gasteiger partial charge >= 0.3 is 0 Å². The van der Waals surface area contributed by atoms with E-state index in [1.54, 1.807) is 24.4 Å². The molecule has 2 aliphatic heterocycles. The first-order valence-corrected chi connectivity index (χ1v) is 13.4. The molecule has 0 unspecified atom stereocenters. The number of carbonyl (C=O) groups excluding carboxylic acids is 1. The van der Waals surface area contributed by atoms with Crippen LogP contribution < -0.4 is 20.1 Å². The highest BCUT2D eigenvalue weighted by Gasteiger charge is 2.41. The number of carbonyl (C=O) groups is 1. The van der Waals surface area contributed by atoms with Crippen molar-refractivity contribution < 1.29 is 18.7 Å². The Morgan fingerprint density at radius 3 is 2.70 bits per heavy atom. The summed E-state index contributed by atoms with van der Waals surface area (Å²) in [4.78, 5) is 19.5. The highest BCUT2D eigenvalue weighted by Crippen LogP contribution is 2.42. The number of anilines is 1. The third-order valence-corrected chi connectivity index (χ3v) is 7.68. The maximum absolute atomic E-state index is 14.1. The van der Waals surface area contributed by atoms with Gasteiger partial charge in [0.25, 0.3) is 0 Å². The van der Waals surface area contributed by atoms with Crippen LogP contribution in [0.3, 0.4) is 0 Å². The summed E-state index contributed by atoms with van der Waals surface area (Å²) in [6.07, 6.45) is 1.89. The van der Waals surface area contributed by atoms with Gasteiger partial charge in [0, 0.05) is 42.3 Å². The third kappa shape index (κ3) is 4.75. The third-order valence-electron chi connectivity index (χ3n) is 7.33. The number of nitrogens with one attached hydrogen (secondary N) is 2. The predicted molar refractivity (Wildman–Crippen MR) is 153 cm³/mol. The lowest BCUT2D eigenvalue weighted by Gasteiger charge is -2.28. The van der Waals surface area contributed by atoms with Crippen molar-refractivity contribution >= 4 is 28.9 Å². The van der Waals surface area contributed by atoms with Crippen LogP contribution >= 0.6 is 12.2 Å². The molecule has 0 saturated carbocycles. The Labute approximate surface area is 236 Å². The van der Waals surface area contributed by atoms with Gasteiger partial charge in [-0.05, 0) is 74.1 Å². The molecule has 204 valence electrons. The number of aryl methyl sites for hydroxylation is 1. The largest absolute Gasteiger partial charge is 0.454 e. The van der Waals surface area contributed by atoms with Crippen molar-refractivity contribution in [3.63, 3.8) is 0 Å². The summed E-state index contributed by atoms with van der Waals surface area (Å²) in [6, 6.07) is 19.5. The minimum Gasteiger partial charge on any atom is -0.454 e. The zero-order valence-corrected chi connectivity index (χ0v) is 22.9. The first-order valence-electron chi connectivity index (χ1n) is 13.0. The fourth-order valence-corrected chi connectivity index (χ4v) is 5.82. The molecule has 2 aromatic heterocycles. The maximum atomic E-state index is 14.1. The first-order chi connectivity index (χ1) is 19.4. The molecule has 40 heavy (non-hydrogen) atoms. The highest BCUT2D eigenvalue weighted by atomic mass is 32.1. The zero-order valence-electron chi connectivity index (χ0n) is 22.1. The quantitative estimate of drug-likeness (QED) is 0.296. The Balaban J connectivity index is 1.33. The lowest BCUT2D eigenvalue weighted by atomic mass is 9.96. The molecule has 4 heterocycles. The van der Waals surface area contributed by atoms with Gasteiger partial charge in [0.1, 0.15) is 5.82 Å². The van der Waals surface area contributed by atoms with Crippen LogP contribution in [0.15, 0.2) is 72.9 Å². The Kier molecular flexibility index (Phi) is 6.85. The van der Waals surface area contributed by atoms with E-state index in [0.717, 1.165) is 34.1 Å². The molecule has 0 radical (unpaired) electrons. The van der Waals surface area contributed by atoms with E-state index in [9.17, 15) is 9.18 Å². The zero-order chi connectivity index (χ0) is 27.8. The molecule has 0 spiro atoms. The number of hydrogen-bond acceptors (Lipinski definition) is 5. The van der Waals surface area contributed by atoms with Gasteiger partial charge in [-0.2, -0.15) is 0 Å². The maximum Gasteiger partial charge on any atom is 0.231 e. The van der Waals surface area contributed by atoms with E-state index in [4.69, 9.17) is 21.7 Å². The van der Waals surface area contributed by atoms with Crippen LogP contribution in [-0.2, 0) is 4.79 Å².